The third-order valence-electron chi connectivity index (χ3n) is 3.80. The number of thioether (sulfide) groups is 1. The number of carbonyl (C=O) groups is 2. The first kappa shape index (κ1) is 22.8. The summed E-state index contributed by atoms with van der Waals surface area (Å²) in [7, 11) is 0. The van der Waals surface area contributed by atoms with E-state index >= 15 is 0 Å². The molecule has 0 aliphatic rings. The number of alkyl carbamates (subject to hydrolysis) is 1. The zero-order valence-corrected chi connectivity index (χ0v) is 18.0. The fourth-order valence-corrected chi connectivity index (χ4v) is 3.59. The molecular weight excluding hydrogens is 386 g/mol. The van der Waals surface area contributed by atoms with E-state index in [1.54, 1.807) is 11.8 Å². The molecule has 0 bridgehead atoms. The lowest BCUT2D eigenvalue weighted by atomic mass is 10.2. The molecule has 5 nitrogen and oxygen atoms in total. The third kappa shape index (κ3) is 10.0. The summed E-state index contributed by atoms with van der Waals surface area (Å²) in [5.74, 6) is 1.03. The van der Waals surface area contributed by atoms with Crippen molar-refractivity contribution in [3.05, 3.63) is 71.8 Å². The largest absolute Gasteiger partial charge is 0.460 e. The smallest absolute Gasteiger partial charge is 0.407 e. The van der Waals surface area contributed by atoms with Crippen LogP contribution in [-0.4, -0.2) is 29.5 Å². The van der Waals surface area contributed by atoms with Gasteiger partial charge in [-0.05, 0) is 31.9 Å². The van der Waals surface area contributed by atoms with E-state index in [0.29, 0.717) is 5.75 Å². The van der Waals surface area contributed by atoms with Gasteiger partial charge in [-0.2, -0.15) is 11.8 Å². The first-order chi connectivity index (χ1) is 13.8. The number of hydrogen-bond donors (Lipinski definition) is 1. The highest BCUT2D eigenvalue weighted by Crippen LogP contribution is 2.16. The van der Waals surface area contributed by atoms with Crippen molar-refractivity contribution in [3.63, 3.8) is 0 Å². The van der Waals surface area contributed by atoms with Gasteiger partial charge in [0.05, 0.1) is 12.5 Å². The highest BCUT2D eigenvalue weighted by atomic mass is 32.2. The Kier molecular flexibility index (Phi) is 9.06. The number of hydrogen-bond acceptors (Lipinski definition) is 5. The minimum atomic E-state index is -0.563. The van der Waals surface area contributed by atoms with Gasteiger partial charge in [0.1, 0.15) is 12.2 Å². The van der Waals surface area contributed by atoms with Crippen molar-refractivity contribution in [3.8, 4) is 0 Å². The lowest BCUT2D eigenvalue weighted by Crippen LogP contribution is -2.40. The van der Waals surface area contributed by atoms with Gasteiger partial charge in [-0.15, -0.1) is 0 Å². The Labute approximate surface area is 177 Å². The Bertz CT molecular complexity index is 759. The zero-order chi connectivity index (χ0) is 21.1. The van der Waals surface area contributed by atoms with E-state index in [4.69, 9.17) is 9.47 Å². The van der Waals surface area contributed by atoms with Gasteiger partial charge >= 0.3 is 12.1 Å². The first-order valence-corrected chi connectivity index (χ1v) is 10.8. The summed E-state index contributed by atoms with van der Waals surface area (Å²) in [4.78, 5) is 24.5. The number of esters is 1. The van der Waals surface area contributed by atoms with Crippen molar-refractivity contribution in [1.29, 1.82) is 0 Å². The molecular formula is C23H29NO4S. The standard InChI is InChI=1S/C23H29NO4S/c1-23(2,3)28-21(25)14-20(17-29-16-19-12-8-5-9-13-19)24-22(26)27-15-18-10-6-4-7-11-18/h4-13,20H,14-17H2,1-3H3,(H,24,26)/t20-/m0/s1. The molecule has 0 aromatic heterocycles. The lowest BCUT2D eigenvalue weighted by molar-refractivity contribution is -0.155. The second-order valence-corrected chi connectivity index (χ2v) is 8.72. The average molecular weight is 416 g/mol. The van der Waals surface area contributed by atoms with Gasteiger partial charge < -0.3 is 14.8 Å². The van der Waals surface area contributed by atoms with Gasteiger partial charge in [0, 0.05) is 11.5 Å². The van der Waals surface area contributed by atoms with Crippen molar-refractivity contribution in [2.45, 2.75) is 51.2 Å². The van der Waals surface area contributed by atoms with Crippen molar-refractivity contribution in [1.82, 2.24) is 5.32 Å². The van der Waals surface area contributed by atoms with Gasteiger partial charge in [0.25, 0.3) is 0 Å². The quantitative estimate of drug-likeness (QED) is 0.587. The van der Waals surface area contributed by atoms with Gasteiger partial charge in [-0.25, -0.2) is 4.79 Å². The maximum absolute atomic E-state index is 12.2. The highest BCUT2D eigenvalue weighted by molar-refractivity contribution is 7.98. The van der Waals surface area contributed by atoms with Gasteiger partial charge in [0.15, 0.2) is 0 Å². The van der Waals surface area contributed by atoms with Crippen LogP contribution in [0.5, 0.6) is 0 Å². The number of amides is 1. The topological polar surface area (TPSA) is 64.6 Å². The first-order valence-electron chi connectivity index (χ1n) is 9.62. The molecule has 29 heavy (non-hydrogen) atoms. The van der Waals surface area contributed by atoms with Crippen LogP contribution in [0.1, 0.15) is 38.3 Å². The van der Waals surface area contributed by atoms with Crippen molar-refractivity contribution in [2.75, 3.05) is 5.75 Å². The number of rotatable bonds is 9. The van der Waals surface area contributed by atoms with E-state index in [2.05, 4.69) is 17.4 Å². The summed E-state index contributed by atoms with van der Waals surface area (Å²) in [5.41, 5.74) is 1.54. The molecule has 1 atom stereocenters. The van der Waals surface area contributed by atoms with Crippen molar-refractivity contribution >= 4 is 23.8 Å². The molecule has 0 aliphatic heterocycles. The Morgan fingerprint density at radius 2 is 1.55 bits per heavy atom. The summed E-state index contributed by atoms with van der Waals surface area (Å²) >= 11 is 1.65. The van der Waals surface area contributed by atoms with E-state index in [9.17, 15) is 9.59 Å². The molecule has 1 amide bonds. The Balaban J connectivity index is 1.87. The van der Waals surface area contributed by atoms with Crippen LogP contribution in [0.2, 0.25) is 0 Å². The minimum absolute atomic E-state index is 0.0967. The molecule has 2 aromatic rings. The molecule has 156 valence electrons. The summed E-state index contributed by atoms with van der Waals surface area (Å²) in [6.45, 7) is 5.66. The molecule has 0 unspecified atom stereocenters. The Morgan fingerprint density at radius 3 is 2.14 bits per heavy atom. The van der Waals surface area contributed by atoms with Crippen LogP contribution in [-0.2, 0) is 26.6 Å². The molecule has 0 fully saturated rings. The van der Waals surface area contributed by atoms with E-state index in [-0.39, 0.29) is 25.0 Å². The van der Waals surface area contributed by atoms with Crippen LogP contribution in [0.4, 0.5) is 4.79 Å². The molecule has 0 spiro atoms. The Hall–Kier alpha value is -2.47. The predicted octanol–water partition coefficient (Wildman–Crippen LogP) is 4.95. The maximum Gasteiger partial charge on any atom is 0.407 e. The molecule has 0 saturated heterocycles. The van der Waals surface area contributed by atoms with Crippen LogP contribution in [0, 0.1) is 0 Å². The van der Waals surface area contributed by atoms with Gasteiger partial charge in [-0.1, -0.05) is 60.7 Å². The fourth-order valence-electron chi connectivity index (χ4n) is 2.56. The van der Waals surface area contributed by atoms with Crippen LogP contribution in [0.15, 0.2) is 60.7 Å². The molecule has 0 radical (unpaired) electrons. The molecule has 6 heteroatoms. The van der Waals surface area contributed by atoms with E-state index in [1.165, 1.54) is 5.56 Å². The molecule has 0 aliphatic carbocycles. The maximum atomic E-state index is 12.2. The van der Waals surface area contributed by atoms with Crippen LogP contribution < -0.4 is 5.32 Å². The monoisotopic (exact) mass is 415 g/mol. The van der Waals surface area contributed by atoms with E-state index < -0.39 is 11.7 Å². The van der Waals surface area contributed by atoms with Crippen molar-refractivity contribution < 1.29 is 19.1 Å². The summed E-state index contributed by atoms with van der Waals surface area (Å²) in [6.07, 6.45) is -0.442. The minimum Gasteiger partial charge on any atom is -0.460 e. The van der Waals surface area contributed by atoms with Crippen LogP contribution >= 0.6 is 11.8 Å². The number of benzene rings is 2. The second kappa shape index (κ2) is 11.5. The second-order valence-electron chi connectivity index (χ2n) is 7.69. The average Bonchev–Trinajstić information content (AvgIpc) is 2.66. The molecule has 0 heterocycles. The Morgan fingerprint density at radius 1 is 0.966 bits per heavy atom. The number of ether oxygens (including phenoxy) is 2. The molecule has 0 saturated carbocycles. The highest BCUT2D eigenvalue weighted by Gasteiger charge is 2.22. The van der Waals surface area contributed by atoms with Crippen molar-refractivity contribution in [2.24, 2.45) is 0 Å². The molecule has 2 aromatic carbocycles. The van der Waals surface area contributed by atoms with Gasteiger partial charge in [-0.3, -0.25) is 4.79 Å². The SMILES string of the molecule is CC(C)(C)OC(=O)C[C@@H](CSCc1ccccc1)NC(=O)OCc1ccccc1. The van der Waals surface area contributed by atoms with E-state index in [0.717, 1.165) is 11.3 Å². The summed E-state index contributed by atoms with van der Waals surface area (Å²) in [6, 6.07) is 19.2. The van der Waals surface area contributed by atoms with Crippen LogP contribution in [0.25, 0.3) is 0 Å². The lowest BCUT2D eigenvalue weighted by Gasteiger charge is -2.22. The number of nitrogens with one attached hydrogen (secondary N) is 1. The van der Waals surface area contributed by atoms with E-state index in [1.807, 2.05) is 69.3 Å². The predicted molar refractivity (Wildman–Crippen MR) is 117 cm³/mol. The third-order valence-corrected chi connectivity index (χ3v) is 4.97. The molecule has 2 rings (SSSR count). The van der Waals surface area contributed by atoms with Crippen LogP contribution in [0.3, 0.4) is 0 Å². The fraction of sp³-hybridized carbons (Fsp3) is 0.391. The zero-order valence-electron chi connectivity index (χ0n) is 17.2. The summed E-state index contributed by atoms with van der Waals surface area (Å²) < 4.78 is 10.7. The summed E-state index contributed by atoms with van der Waals surface area (Å²) in [5, 5.41) is 2.81. The molecule has 1 N–H and O–H groups in total. The number of carbonyl (C=O) groups excluding carboxylic acids is 2. The van der Waals surface area contributed by atoms with Gasteiger partial charge in [0.2, 0.25) is 0 Å². The normalized spacial score (nSPS) is 12.1.